The number of benzene rings is 2. The number of anilines is 2. The number of sulfonamides is 1. The van der Waals surface area contributed by atoms with Crippen molar-refractivity contribution in [2.24, 2.45) is 0 Å². The lowest BCUT2D eigenvalue weighted by Gasteiger charge is -2.19. The minimum absolute atomic E-state index is 0.189. The van der Waals surface area contributed by atoms with E-state index in [4.69, 9.17) is 5.73 Å². The third-order valence-electron chi connectivity index (χ3n) is 2.89. The van der Waals surface area contributed by atoms with E-state index < -0.39 is 15.8 Å². The van der Waals surface area contributed by atoms with Crippen LogP contribution in [-0.4, -0.2) is 15.5 Å². The molecule has 2 rings (SSSR count). The van der Waals surface area contributed by atoms with Gasteiger partial charge >= 0.3 is 0 Å². The fourth-order valence-corrected chi connectivity index (χ4v) is 3.05. The summed E-state index contributed by atoms with van der Waals surface area (Å²) in [6.45, 7) is 0. The summed E-state index contributed by atoms with van der Waals surface area (Å²) in [6, 6.07) is 12.1. The van der Waals surface area contributed by atoms with Crippen LogP contribution in [-0.2, 0) is 15.8 Å². The van der Waals surface area contributed by atoms with E-state index in [0.717, 1.165) is 4.31 Å². The van der Waals surface area contributed by atoms with Gasteiger partial charge < -0.3 is 5.73 Å². The Bertz CT molecular complexity index is 717. The second-order valence-corrected chi connectivity index (χ2v) is 6.45. The van der Waals surface area contributed by atoms with Gasteiger partial charge in [-0.3, -0.25) is 4.31 Å². The lowest BCUT2D eigenvalue weighted by Crippen LogP contribution is -2.27. The van der Waals surface area contributed by atoms with Gasteiger partial charge in [0.1, 0.15) is 5.82 Å². The summed E-state index contributed by atoms with van der Waals surface area (Å²) in [7, 11) is -2.19. The standard InChI is InChI=1S/C14H15FN2O2S/c1-17(14-7-3-5-12(15)9-14)20(18,19)10-11-4-2-6-13(16)8-11/h2-9H,10,16H2,1H3. The lowest BCUT2D eigenvalue weighted by atomic mass is 10.2. The predicted molar refractivity (Wildman–Crippen MR) is 78.3 cm³/mol. The number of nitrogen functional groups attached to an aromatic ring is 1. The van der Waals surface area contributed by atoms with Crippen molar-refractivity contribution in [1.82, 2.24) is 0 Å². The van der Waals surface area contributed by atoms with Crippen molar-refractivity contribution in [1.29, 1.82) is 0 Å². The maximum Gasteiger partial charge on any atom is 0.239 e. The highest BCUT2D eigenvalue weighted by Gasteiger charge is 2.19. The molecule has 0 saturated heterocycles. The molecule has 6 heteroatoms. The summed E-state index contributed by atoms with van der Waals surface area (Å²) in [4.78, 5) is 0. The molecule has 0 atom stereocenters. The molecule has 0 bridgehead atoms. The Kier molecular flexibility index (Phi) is 3.94. The van der Waals surface area contributed by atoms with Crippen molar-refractivity contribution in [2.75, 3.05) is 17.1 Å². The fourth-order valence-electron chi connectivity index (χ4n) is 1.82. The van der Waals surface area contributed by atoms with Crippen LogP contribution >= 0.6 is 0 Å². The average molecular weight is 294 g/mol. The van der Waals surface area contributed by atoms with E-state index >= 15 is 0 Å². The van der Waals surface area contributed by atoms with Crippen LogP contribution in [0.15, 0.2) is 48.5 Å². The molecule has 4 nitrogen and oxygen atoms in total. The highest BCUT2D eigenvalue weighted by atomic mass is 32.2. The largest absolute Gasteiger partial charge is 0.399 e. The summed E-state index contributed by atoms with van der Waals surface area (Å²) in [6.07, 6.45) is 0. The summed E-state index contributed by atoms with van der Waals surface area (Å²) >= 11 is 0. The normalized spacial score (nSPS) is 11.3. The fraction of sp³-hybridized carbons (Fsp3) is 0.143. The maximum absolute atomic E-state index is 13.2. The van der Waals surface area contributed by atoms with Crippen molar-refractivity contribution >= 4 is 21.4 Å². The highest BCUT2D eigenvalue weighted by molar-refractivity contribution is 7.92. The molecule has 2 aromatic carbocycles. The summed E-state index contributed by atoms with van der Waals surface area (Å²) in [5.41, 5.74) is 7.01. The Labute approximate surface area is 117 Å². The minimum atomic E-state index is -3.59. The zero-order chi connectivity index (χ0) is 14.8. The molecule has 0 aliphatic heterocycles. The van der Waals surface area contributed by atoms with Gasteiger partial charge in [0.2, 0.25) is 10.0 Å². The number of rotatable bonds is 4. The van der Waals surface area contributed by atoms with Gasteiger partial charge in [-0.2, -0.15) is 0 Å². The Morgan fingerprint density at radius 1 is 1.15 bits per heavy atom. The Morgan fingerprint density at radius 3 is 2.50 bits per heavy atom. The van der Waals surface area contributed by atoms with E-state index in [2.05, 4.69) is 0 Å². The lowest BCUT2D eigenvalue weighted by molar-refractivity contribution is 0.593. The molecule has 106 valence electrons. The van der Waals surface area contributed by atoms with Crippen LogP contribution in [0.1, 0.15) is 5.56 Å². The molecule has 0 spiro atoms. The van der Waals surface area contributed by atoms with Crippen molar-refractivity contribution in [3.8, 4) is 0 Å². The molecule has 2 aromatic rings. The first-order valence-corrected chi connectivity index (χ1v) is 7.56. The van der Waals surface area contributed by atoms with Crippen molar-refractivity contribution < 1.29 is 12.8 Å². The minimum Gasteiger partial charge on any atom is -0.399 e. The third kappa shape index (κ3) is 3.27. The van der Waals surface area contributed by atoms with E-state index in [1.54, 1.807) is 30.3 Å². The number of hydrogen-bond donors (Lipinski definition) is 1. The molecule has 0 heterocycles. The Balaban J connectivity index is 2.26. The summed E-state index contributed by atoms with van der Waals surface area (Å²) < 4.78 is 38.8. The first kappa shape index (κ1) is 14.3. The smallest absolute Gasteiger partial charge is 0.239 e. The summed E-state index contributed by atoms with van der Waals surface area (Å²) in [5, 5.41) is 0. The second-order valence-electron chi connectivity index (χ2n) is 4.45. The number of nitrogens with zero attached hydrogens (tertiary/aromatic N) is 1. The molecule has 0 aliphatic rings. The van der Waals surface area contributed by atoms with Crippen molar-refractivity contribution in [3.63, 3.8) is 0 Å². The molecule has 2 N–H and O–H groups in total. The Hall–Kier alpha value is -2.08. The van der Waals surface area contributed by atoms with Gasteiger partial charge in [0, 0.05) is 12.7 Å². The molecule has 0 aliphatic carbocycles. The van der Waals surface area contributed by atoms with Gasteiger partial charge in [-0.05, 0) is 35.9 Å². The number of halogens is 1. The summed E-state index contributed by atoms with van der Waals surface area (Å²) in [5.74, 6) is -0.668. The zero-order valence-corrected chi connectivity index (χ0v) is 11.8. The quantitative estimate of drug-likeness (QED) is 0.881. The van der Waals surface area contributed by atoms with E-state index in [1.807, 2.05) is 0 Å². The van der Waals surface area contributed by atoms with Gasteiger partial charge in [0.05, 0.1) is 11.4 Å². The predicted octanol–water partition coefficient (Wildman–Crippen LogP) is 2.37. The SMILES string of the molecule is CN(c1cccc(F)c1)S(=O)(=O)Cc1cccc(N)c1. The third-order valence-corrected chi connectivity index (χ3v) is 4.63. The van der Waals surface area contributed by atoms with Crippen LogP contribution in [0.3, 0.4) is 0 Å². The first-order chi connectivity index (χ1) is 9.38. The van der Waals surface area contributed by atoms with E-state index in [1.165, 1.54) is 25.2 Å². The van der Waals surface area contributed by atoms with Gasteiger partial charge in [-0.25, -0.2) is 12.8 Å². The van der Waals surface area contributed by atoms with Crippen LogP contribution in [0.2, 0.25) is 0 Å². The average Bonchev–Trinajstić information content (AvgIpc) is 2.37. The maximum atomic E-state index is 13.2. The van der Waals surface area contributed by atoms with Crippen LogP contribution in [0.25, 0.3) is 0 Å². The molecule has 0 radical (unpaired) electrons. The molecule has 0 saturated carbocycles. The molecule has 20 heavy (non-hydrogen) atoms. The van der Waals surface area contributed by atoms with Gasteiger partial charge in [0.25, 0.3) is 0 Å². The van der Waals surface area contributed by atoms with E-state index in [0.29, 0.717) is 11.3 Å². The molecule has 0 fully saturated rings. The highest BCUT2D eigenvalue weighted by Crippen LogP contribution is 2.20. The van der Waals surface area contributed by atoms with E-state index in [9.17, 15) is 12.8 Å². The van der Waals surface area contributed by atoms with Crippen LogP contribution in [0.5, 0.6) is 0 Å². The number of nitrogens with two attached hydrogens (primary N) is 1. The van der Waals surface area contributed by atoms with Crippen LogP contribution < -0.4 is 10.0 Å². The number of hydrogen-bond acceptors (Lipinski definition) is 3. The zero-order valence-electron chi connectivity index (χ0n) is 11.0. The van der Waals surface area contributed by atoms with Crippen molar-refractivity contribution in [2.45, 2.75) is 5.75 Å². The molecule has 0 amide bonds. The molecule has 0 unspecified atom stereocenters. The van der Waals surface area contributed by atoms with Crippen molar-refractivity contribution in [3.05, 3.63) is 59.9 Å². The second kappa shape index (κ2) is 5.50. The topological polar surface area (TPSA) is 63.4 Å². The van der Waals surface area contributed by atoms with E-state index in [-0.39, 0.29) is 11.4 Å². The molecular formula is C14H15FN2O2S. The first-order valence-electron chi connectivity index (χ1n) is 5.95. The van der Waals surface area contributed by atoms with Gasteiger partial charge in [-0.1, -0.05) is 18.2 Å². The monoisotopic (exact) mass is 294 g/mol. The Morgan fingerprint density at radius 2 is 1.85 bits per heavy atom. The van der Waals surface area contributed by atoms with Crippen LogP contribution in [0, 0.1) is 5.82 Å². The van der Waals surface area contributed by atoms with Gasteiger partial charge in [-0.15, -0.1) is 0 Å². The molecular weight excluding hydrogens is 279 g/mol. The van der Waals surface area contributed by atoms with Gasteiger partial charge in [0.15, 0.2) is 0 Å². The molecule has 0 aromatic heterocycles. The van der Waals surface area contributed by atoms with Crippen LogP contribution in [0.4, 0.5) is 15.8 Å².